The predicted octanol–water partition coefficient (Wildman–Crippen LogP) is 3.00. The molecular weight excluding hydrogens is 490 g/mol. The van der Waals surface area contributed by atoms with E-state index in [4.69, 9.17) is 0 Å². The lowest BCUT2D eigenvalue weighted by Crippen LogP contribution is -2.53. The first-order valence-electron chi connectivity index (χ1n) is 12.1. The average Bonchev–Trinajstić information content (AvgIpc) is 3.11. The van der Waals surface area contributed by atoms with E-state index >= 15 is 0 Å². The van der Waals surface area contributed by atoms with Gasteiger partial charge in [-0.15, -0.1) is 0 Å². The number of benzene rings is 3. The smallest absolute Gasteiger partial charge is 0.269 e. The highest BCUT2D eigenvalue weighted by Gasteiger charge is 2.43. The van der Waals surface area contributed by atoms with Gasteiger partial charge in [-0.05, 0) is 29.7 Å². The summed E-state index contributed by atoms with van der Waals surface area (Å²) >= 11 is 0. The van der Waals surface area contributed by atoms with E-state index in [1.54, 1.807) is 6.07 Å². The van der Waals surface area contributed by atoms with Gasteiger partial charge >= 0.3 is 0 Å². The fourth-order valence-corrected chi connectivity index (χ4v) is 5.82. The number of rotatable bonds is 10. The van der Waals surface area contributed by atoms with Crippen LogP contribution in [0.1, 0.15) is 34.8 Å². The molecule has 1 aliphatic rings. The van der Waals surface area contributed by atoms with Crippen LogP contribution in [0.5, 0.6) is 0 Å². The Morgan fingerprint density at radius 2 is 1.49 bits per heavy atom. The van der Waals surface area contributed by atoms with Gasteiger partial charge in [0.1, 0.15) is 17.5 Å². The number of hydrogen-bond acceptors (Lipinski definition) is 5. The van der Waals surface area contributed by atoms with Crippen LogP contribution >= 0.6 is 0 Å². The molecule has 3 aromatic carbocycles. The zero-order valence-corrected chi connectivity index (χ0v) is 21.4. The van der Waals surface area contributed by atoms with Crippen LogP contribution in [0.4, 0.5) is 0 Å². The summed E-state index contributed by atoms with van der Waals surface area (Å²) in [5.74, 6) is -1.73. The number of fused-ring (bicyclic) bond motifs is 1. The molecule has 1 unspecified atom stereocenters. The van der Waals surface area contributed by atoms with Gasteiger partial charge in [0.25, 0.3) is 15.9 Å². The Morgan fingerprint density at radius 1 is 0.892 bits per heavy atom. The van der Waals surface area contributed by atoms with Crippen molar-refractivity contribution in [3.05, 3.63) is 102 Å². The molecule has 192 valence electrons. The van der Waals surface area contributed by atoms with Crippen LogP contribution < -0.4 is 5.32 Å². The van der Waals surface area contributed by atoms with E-state index in [0.29, 0.717) is 10.8 Å². The Bertz CT molecular complexity index is 1380. The Balaban J connectivity index is 1.69. The highest BCUT2D eigenvalue weighted by atomic mass is 32.2. The maximum Gasteiger partial charge on any atom is 0.269 e. The lowest BCUT2D eigenvalue weighted by molar-refractivity contribution is -0.141. The van der Waals surface area contributed by atoms with Gasteiger partial charge in [0, 0.05) is 19.5 Å². The standard InChI is InChI=1S/C28H29N3O5S/c1-2-17-29-27(33)24(18-21-11-5-3-6-12-21)30(19-22-13-7-4-8-14-22)26(32)20-31-28(34)23-15-9-10-16-25(23)37(31,35)36/h3-16,24H,2,17-20H2,1H3,(H,29,33). The normalized spacial score (nSPS) is 14.6. The molecule has 37 heavy (non-hydrogen) atoms. The van der Waals surface area contributed by atoms with Gasteiger partial charge in [-0.25, -0.2) is 12.7 Å². The largest absolute Gasteiger partial charge is 0.354 e. The van der Waals surface area contributed by atoms with Crippen LogP contribution in [0.15, 0.2) is 89.8 Å². The average molecular weight is 520 g/mol. The van der Waals surface area contributed by atoms with Crippen molar-refractivity contribution >= 4 is 27.7 Å². The summed E-state index contributed by atoms with van der Waals surface area (Å²) in [4.78, 5) is 41.3. The zero-order valence-electron chi connectivity index (χ0n) is 20.5. The Labute approximate surface area is 217 Å². The Hall–Kier alpha value is -3.98. The van der Waals surface area contributed by atoms with E-state index in [2.05, 4.69) is 5.32 Å². The highest BCUT2D eigenvalue weighted by Crippen LogP contribution is 2.30. The third kappa shape index (κ3) is 5.72. The van der Waals surface area contributed by atoms with E-state index in [9.17, 15) is 22.8 Å². The van der Waals surface area contributed by atoms with Crippen LogP contribution in [-0.4, -0.2) is 54.5 Å². The number of carbonyl (C=O) groups is 3. The first-order valence-corrected chi connectivity index (χ1v) is 13.6. The fraction of sp³-hybridized carbons (Fsp3) is 0.250. The lowest BCUT2D eigenvalue weighted by Gasteiger charge is -2.32. The third-order valence-corrected chi connectivity index (χ3v) is 7.99. The lowest BCUT2D eigenvalue weighted by atomic mass is 10.0. The van der Waals surface area contributed by atoms with Gasteiger partial charge in [-0.2, -0.15) is 0 Å². The number of carbonyl (C=O) groups excluding carboxylic acids is 3. The van der Waals surface area contributed by atoms with Crippen LogP contribution in [-0.2, 0) is 32.6 Å². The molecule has 1 aliphatic heterocycles. The van der Waals surface area contributed by atoms with E-state index in [1.807, 2.05) is 67.6 Å². The second kappa shape index (κ2) is 11.4. The van der Waals surface area contributed by atoms with Crippen LogP contribution in [0, 0.1) is 0 Å². The molecule has 3 aromatic rings. The minimum absolute atomic E-state index is 0.0337. The van der Waals surface area contributed by atoms with Gasteiger partial charge in [0.2, 0.25) is 11.8 Å². The maximum atomic E-state index is 13.8. The molecule has 0 fully saturated rings. The second-order valence-corrected chi connectivity index (χ2v) is 10.6. The van der Waals surface area contributed by atoms with Crippen molar-refractivity contribution in [3.8, 4) is 0 Å². The quantitative estimate of drug-likeness (QED) is 0.444. The molecule has 1 atom stereocenters. The number of amides is 3. The fourth-order valence-electron chi connectivity index (χ4n) is 4.30. The number of nitrogens with one attached hydrogen (secondary N) is 1. The van der Waals surface area contributed by atoms with Gasteiger partial charge in [-0.3, -0.25) is 14.4 Å². The second-order valence-electron chi connectivity index (χ2n) is 8.82. The summed E-state index contributed by atoms with van der Waals surface area (Å²) in [7, 11) is -4.18. The van der Waals surface area contributed by atoms with Crippen molar-refractivity contribution in [2.24, 2.45) is 0 Å². The van der Waals surface area contributed by atoms with Gasteiger partial charge in [0.05, 0.1) is 5.56 Å². The maximum absolute atomic E-state index is 13.8. The minimum Gasteiger partial charge on any atom is -0.354 e. The van der Waals surface area contributed by atoms with Crippen LogP contribution in [0.25, 0.3) is 0 Å². The molecule has 8 nitrogen and oxygen atoms in total. The van der Waals surface area contributed by atoms with Crippen molar-refractivity contribution in [3.63, 3.8) is 0 Å². The number of nitrogens with zero attached hydrogens (tertiary/aromatic N) is 2. The topological polar surface area (TPSA) is 104 Å². The monoisotopic (exact) mass is 519 g/mol. The van der Waals surface area contributed by atoms with Crippen LogP contribution in [0.3, 0.4) is 0 Å². The Morgan fingerprint density at radius 3 is 2.11 bits per heavy atom. The van der Waals surface area contributed by atoms with Crippen molar-refractivity contribution < 1.29 is 22.8 Å². The summed E-state index contributed by atoms with van der Waals surface area (Å²) in [5, 5.41) is 2.88. The summed E-state index contributed by atoms with van der Waals surface area (Å²) in [6.45, 7) is 1.74. The molecule has 0 bridgehead atoms. The van der Waals surface area contributed by atoms with E-state index < -0.39 is 34.4 Å². The number of sulfonamides is 1. The zero-order chi connectivity index (χ0) is 26.4. The molecule has 0 aromatic heterocycles. The van der Waals surface area contributed by atoms with Crippen LogP contribution in [0.2, 0.25) is 0 Å². The molecule has 4 rings (SSSR count). The van der Waals surface area contributed by atoms with Gasteiger partial charge < -0.3 is 10.2 Å². The molecule has 0 saturated carbocycles. The van der Waals surface area contributed by atoms with E-state index in [1.165, 1.54) is 23.1 Å². The Kier molecular flexibility index (Phi) is 8.03. The highest BCUT2D eigenvalue weighted by molar-refractivity contribution is 7.90. The summed E-state index contributed by atoms with van der Waals surface area (Å²) in [6.07, 6.45) is 0.949. The van der Waals surface area contributed by atoms with Crippen molar-refractivity contribution in [1.82, 2.24) is 14.5 Å². The summed E-state index contributed by atoms with van der Waals surface area (Å²) in [5.41, 5.74) is 1.66. The third-order valence-electron chi connectivity index (χ3n) is 6.21. The van der Waals surface area contributed by atoms with E-state index in [-0.39, 0.29) is 29.3 Å². The summed E-state index contributed by atoms with van der Waals surface area (Å²) in [6, 6.07) is 23.5. The van der Waals surface area contributed by atoms with E-state index in [0.717, 1.165) is 17.5 Å². The van der Waals surface area contributed by atoms with Gasteiger partial charge in [0.15, 0.2) is 0 Å². The van der Waals surface area contributed by atoms with Crippen molar-refractivity contribution in [2.45, 2.75) is 37.2 Å². The molecule has 0 saturated heterocycles. The van der Waals surface area contributed by atoms with Crippen molar-refractivity contribution in [1.29, 1.82) is 0 Å². The van der Waals surface area contributed by atoms with Crippen molar-refractivity contribution in [2.75, 3.05) is 13.1 Å². The minimum atomic E-state index is -4.18. The molecule has 0 spiro atoms. The van der Waals surface area contributed by atoms with Gasteiger partial charge in [-0.1, -0.05) is 79.7 Å². The molecule has 9 heteroatoms. The first kappa shape index (κ1) is 26.1. The molecule has 0 aliphatic carbocycles. The first-order chi connectivity index (χ1) is 17.8. The predicted molar refractivity (Wildman–Crippen MR) is 139 cm³/mol. The molecule has 0 radical (unpaired) electrons. The molecule has 1 N–H and O–H groups in total. The molecule has 1 heterocycles. The molecule has 3 amide bonds. The number of hydrogen-bond donors (Lipinski definition) is 1. The molecular formula is C28H29N3O5S. The SMILES string of the molecule is CCCNC(=O)C(Cc1ccccc1)N(Cc1ccccc1)C(=O)CN1C(=O)c2ccccc2S1(=O)=O. The summed E-state index contributed by atoms with van der Waals surface area (Å²) < 4.78 is 26.8.